The van der Waals surface area contributed by atoms with Gasteiger partial charge in [0.15, 0.2) is 0 Å². The third-order valence-corrected chi connectivity index (χ3v) is 3.23. The van der Waals surface area contributed by atoms with Gasteiger partial charge in [-0.3, -0.25) is 0 Å². The molecular weight excluding hydrogens is 261 g/mol. The zero-order chi connectivity index (χ0) is 8.97. The van der Waals surface area contributed by atoms with Crippen LogP contribution >= 0.6 is 22.6 Å². The molecule has 12 heavy (non-hydrogen) atoms. The molecular formula is C10H18IN. The minimum Gasteiger partial charge on any atom is -0.389 e. The lowest BCUT2D eigenvalue weighted by Crippen LogP contribution is -2.14. The van der Waals surface area contributed by atoms with Gasteiger partial charge in [0.05, 0.1) is 0 Å². The van der Waals surface area contributed by atoms with Gasteiger partial charge in [-0.15, -0.1) is 0 Å². The quantitative estimate of drug-likeness (QED) is 0.448. The van der Waals surface area contributed by atoms with Gasteiger partial charge in [0.2, 0.25) is 0 Å². The predicted molar refractivity (Wildman–Crippen MR) is 62.5 cm³/mol. The molecule has 70 valence electrons. The highest BCUT2D eigenvalue weighted by Gasteiger charge is 2.32. The van der Waals surface area contributed by atoms with Gasteiger partial charge in [0.25, 0.3) is 0 Å². The third-order valence-electron chi connectivity index (χ3n) is 2.47. The minimum atomic E-state index is 0.935. The van der Waals surface area contributed by atoms with Crippen molar-refractivity contribution in [3.05, 3.63) is 12.3 Å². The van der Waals surface area contributed by atoms with Gasteiger partial charge < -0.3 is 5.32 Å². The molecule has 1 N–H and O–H groups in total. The van der Waals surface area contributed by atoms with Crippen LogP contribution in [0.3, 0.4) is 0 Å². The van der Waals surface area contributed by atoms with E-state index >= 15 is 0 Å². The fourth-order valence-corrected chi connectivity index (χ4v) is 1.79. The summed E-state index contributed by atoms with van der Waals surface area (Å²) >= 11 is 2.41. The summed E-state index contributed by atoms with van der Waals surface area (Å²) in [6, 6.07) is 0. The average molecular weight is 279 g/mol. The number of halogens is 1. The normalized spacial score (nSPS) is 26.8. The fraction of sp³-hybridized carbons (Fsp3) is 0.800. The van der Waals surface area contributed by atoms with E-state index in [1.807, 2.05) is 0 Å². The summed E-state index contributed by atoms with van der Waals surface area (Å²) in [4.78, 5) is 0. The monoisotopic (exact) mass is 279 g/mol. The summed E-state index contributed by atoms with van der Waals surface area (Å²) < 4.78 is 1.23. The molecule has 1 aliphatic rings. The third kappa shape index (κ3) is 3.78. The number of allylic oxidation sites excluding steroid dienone is 1. The van der Waals surface area contributed by atoms with Crippen molar-refractivity contribution in [2.75, 3.05) is 11.0 Å². The first-order valence-corrected chi connectivity index (χ1v) is 6.24. The van der Waals surface area contributed by atoms with Crippen LogP contribution in [-0.4, -0.2) is 11.0 Å². The Labute approximate surface area is 89.1 Å². The summed E-state index contributed by atoms with van der Waals surface area (Å²) in [5, 5.41) is 3.38. The standard InChI is InChI=1S/C10H18IN/c1-8-6-10(8)7-9(2)12-5-3-4-11/h8,10,12H,2-7H2,1H3/t8-,10?/m1/s1. The van der Waals surface area contributed by atoms with E-state index in [9.17, 15) is 0 Å². The number of nitrogens with one attached hydrogen (secondary N) is 1. The van der Waals surface area contributed by atoms with E-state index in [-0.39, 0.29) is 0 Å². The van der Waals surface area contributed by atoms with Crippen LogP contribution in [0.4, 0.5) is 0 Å². The Hall–Kier alpha value is 0.270. The lowest BCUT2D eigenvalue weighted by molar-refractivity contribution is 0.669. The van der Waals surface area contributed by atoms with Crippen molar-refractivity contribution >= 4 is 22.6 Å². The molecule has 0 radical (unpaired) electrons. The Kier molecular flexibility index (Phi) is 4.40. The van der Waals surface area contributed by atoms with Gasteiger partial charge in [-0.25, -0.2) is 0 Å². The molecule has 0 aromatic rings. The minimum absolute atomic E-state index is 0.935. The highest BCUT2D eigenvalue weighted by atomic mass is 127. The Bertz CT molecular complexity index is 156. The second kappa shape index (κ2) is 5.10. The summed E-state index contributed by atoms with van der Waals surface area (Å²) in [5.41, 5.74) is 1.24. The van der Waals surface area contributed by atoms with Crippen LogP contribution in [0.15, 0.2) is 12.3 Å². The maximum atomic E-state index is 4.03. The van der Waals surface area contributed by atoms with Crippen LogP contribution in [0.5, 0.6) is 0 Å². The van der Waals surface area contributed by atoms with Crippen molar-refractivity contribution in [1.29, 1.82) is 0 Å². The predicted octanol–water partition coefficient (Wildman–Crippen LogP) is 2.96. The van der Waals surface area contributed by atoms with Gasteiger partial charge in [-0.1, -0.05) is 36.1 Å². The summed E-state index contributed by atoms with van der Waals surface area (Å²) in [6.07, 6.45) is 3.86. The van der Waals surface area contributed by atoms with Crippen molar-refractivity contribution < 1.29 is 0 Å². The average Bonchev–Trinajstić information content (AvgIpc) is 2.67. The lowest BCUT2D eigenvalue weighted by atomic mass is 10.2. The molecule has 1 saturated carbocycles. The maximum Gasteiger partial charge on any atom is 0.0151 e. The smallest absolute Gasteiger partial charge is 0.0151 e. The molecule has 0 bridgehead atoms. The molecule has 2 atom stereocenters. The molecule has 0 aromatic carbocycles. The Balaban J connectivity index is 1.97. The first kappa shape index (κ1) is 10.4. The van der Waals surface area contributed by atoms with Crippen molar-refractivity contribution in [2.24, 2.45) is 11.8 Å². The summed E-state index contributed by atoms with van der Waals surface area (Å²) in [7, 11) is 0. The van der Waals surface area contributed by atoms with E-state index in [1.54, 1.807) is 0 Å². The lowest BCUT2D eigenvalue weighted by Gasteiger charge is -2.07. The molecule has 1 nitrogen and oxygen atoms in total. The summed E-state index contributed by atoms with van der Waals surface area (Å²) in [6.45, 7) is 7.45. The topological polar surface area (TPSA) is 12.0 Å². The first-order valence-electron chi connectivity index (χ1n) is 4.71. The fourth-order valence-electron chi connectivity index (χ4n) is 1.40. The number of alkyl halides is 1. The zero-order valence-electron chi connectivity index (χ0n) is 7.78. The maximum absolute atomic E-state index is 4.03. The first-order chi connectivity index (χ1) is 5.74. The van der Waals surface area contributed by atoms with E-state index in [0.29, 0.717) is 0 Å². The molecule has 0 saturated heterocycles. The van der Waals surface area contributed by atoms with Crippen LogP contribution in [0.1, 0.15) is 26.2 Å². The van der Waals surface area contributed by atoms with Crippen molar-refractivity contribution in [3.63, 3.8) is 0 Å². The van der Waals surface area contributed by atoms with E-state index in [4.69, 9.17) is 0 Å². The van der Waals surface area contributed by atoms with Gasteiger partial charge >= 0.3 is 0 Å². The molecule has 1 aliphatic carbocycles. The highest BCUT2D eigenvalue weighted by molar-refractivity contribution is 14.1. The molecule has 1 fully saturated rings. The highest BCUT2D eigenvalue weighted by Crippen LogP contribution is 2.41. The second-order valence-electron chi connectivity index (χ2n) is 3.75. The van der Waals surface area contributed by atoms with E-state index in [0.717, 1.165) is 18.4 Å². The van der Waals surface area contributed by atoms with E-state index < -0.39 is 0 Å². The van der Waals surface area contributed by atoms with Crippen molar-refractivity contribution in [1.82, 2.24) is 5.32 Å². The number of hydrogen-bond donors (Lipinski definition) is 1. The Morgan fingerprint density at radius 3 is 2.83 bits per heavy atom. The largest absolute Gasteiger partial charge is 0.389 e. The van der Waals surface area contributed by atoms with E-state index in [1.165, 1.54) is 29.4 Å². The zero-order valence-corrected chi connectivity index (χ0v) is 9.93. The molecule has 1 unspecified atom stereocenters. The van der Waals surface area contributed by atoms with Crippen LogP contribution in [-0.2, 0) is 0 Å². The van der Waals surface area contributed by atoms with Gasteiger partial charge in [0, 0.05) is 16.7 Å². The molecule has 0 aromatic heterocycles. The van der Waals surface area contributed by atoms with Crippen LogP contribution in [0.25, 0.3) is 0 Å². The Morgan fingerprint density at radius 2 is 2.33 bits per heavy atom. The van der Waals surface area contributed by atoms with Gasteiger partial charge in [-0.2, -0.15) is 0 Å². The number of rotatable bonds is 6. The van der Waals surface area contributed by atoms with Crippen LogP contribution in [0.2, 0.25) is 0 Å². The molecule has 0 amide bonds. The SMILES string of the molecule is C=C(CC1C[C@H]1C)NCCCI. The molecule has 0 aliphatic heterocycles. The summed E-state index contributed by atoms with van der Waals surface area (Å²) in [5.74, 6) is 1.89. The Morgan fingerprint density at radius 1 is 1.67 bits per heavy atom. The second-order valence-corrected chi connectivity index (χ2v) is 4.83. The van der Waals surface area contributed by atoms with Gasteiger partial charge in [0.1, 0.15) is 0 Å². The van der Waals surface area contributed by atoms with Crippen molar-refractivity contribution in [2.45, 2.75) is 26.2 Å². The molecule has 0 heterocycles. The molecule has 2 heteroatoms. The molecule has 1 rings (SSSR count). The van der Waals surface area contributed by atoms with E-state index in [2.05, 4.69) is 41.4 Å². The van der Waals surface area contributed by atoms with Gasteiger partial charge in [-0.05, 0) is 31.1 Å². The van der Waals surface area contributed by atoms with Crippen LogP contribution < -0.4 is 5.32 Å². The number of hydrogen-bond acceptors (Lipinski definition) is 1. The molecule has 0 spiro atoms. The van der Waals surface area contributed by atoms with Crippen molar-refractivity contribution in [3.8, 4) is 0 Å². The van der Waals surface area contributed by atoms with Crippen LogP contribution in [0, 0.1) is 11.8 Å².